The monoisotopic (exact) mass is 703 g/mol. The maximum absolute atomic E-state index is 15.1. The second-order valence-corrected chi connectivity index (χ2v) is 18.0. The van der Waals surface area contributed by atoms with Crippen LogP contribution in [0.3, 0.4) is 0 Å². The van der Waals surface area contributed by atoms with Gasteiger partial charge < -0.3 is 4.74 Å². The van der Waals surface area contributed by atoms with Crippen LogP contribution in [-0.4, -0.2) is 13.2 Å². The molecule has 0 amide bonds. The van der Waals surface area contributed by atoms with E-state index in [-0.39, 0.29) is 11.6 Å². The van der Waals surface area contributed by atoms with Crippen LogP contribution in [0.2, 0.25) is 0 Å². The van der Waals surface area contributed by atoms with Gasteiger partial charge in [-0.2, -0.15) is 0 Å². The second kappa shape index (κ2) is 20.1. The fourth-order valence-electron chi connectivity index (χ4n) is 10.9. The minimum atomic E-state index is -0.0918. The first-order valence-electron chi connectivity index (χ1n) is 22.1. The molecule has 0 N–H and O–H groups in total. The van der Waals surface area contributed by atoms with Crippen LogP contribution in [0.5, 0.6) is 0 Å². The summed E-state index contributed by atoms with van der Waals surface area (Å²) < 4.78 is 36.2. The van der Waals surface area contributed by atoms with Gasteiger partial charge in [0.1, 0.15) is 11.6 Å². The van der Waals surface area contributed by atoms with Crippen molar-refractivity contribution >= 4 is 0 Å². The van der Waals surface area contributed by atoms with E-state index in [0.717, 1.165) is 46.6 Å². The van der Waals surface area contributed by atoms with Crippen molar-refractivity contribution in [3.8, 4) is 0 Å². The van der Waals surface area contributed by atoms with Crippen molar-refractivity contribution < 1.29 is 13.5 Å². The molecule has 4 fully saturated rings. The van der Waals surface area contributed by atoms with Gasteiger partial charge >= 0.3 is 0 Å². The summed E-state index contributed by atoms with van der Waals surface area (Å²) in [5, 5.41) is 0. The summed E-state index contributed by atoms with van der Waals surface area (Å²) >= 11 is 0. The van der Waals surface area contributed by atoms with Gasteiger partial charge in [0.2, 0.25) is 0 Å². The topological polar surface area (TPSA) is 9.23 Å². The average Bonchev–Trinajstić information content (AvgIpc) is 3.18. The van der Waals surface area contributed by atoms with Crippen molar-refractivity contribution in [2.75, 3.05) is 13.2 Å². The molecule has 0 aliphatic heterocycles. The lowest BCUT2D eigenvalue weighted by molar-refractivity contribution is 0.139. The van der Waals surface area contributed by atoms with Crippen molar-refractivity contribution in [3.05, 3.63) is 70.3 Å². The minimum Gasteiger partial charge on any atom is -0.381 e. The second-order valence-electron chi connectivity index (χ2n) is 18.0. The third kappa shape index (κ3) is 11.6. The Balaban J connectivity index is 0.839. The molecule has 2 aromatic carbocycles. The highest BCUT2D eigenvalue weighted by Gasteiger charge is 2.27. The maximum atomic E-state index is 15.1. The van der Waals surface area contributed by atoms with Gasteiger partial charge in [-0.3, -0.25) is 0 Å². The molecular weight excluding hydrogens is 631 g/mol. The van der Waals surface area contributed by atoms with Crippen LogP contribution in [0.15, 0.2) is 36.4 Å². The standard InChI is InChI=1S/C48H72F2O/c1-3-35-5-9-37(10-6-35)13-15-39-17-21-41(22-18-39)45-27-25-43(47(49)33-45)29-31-51-32-30-44-26-28-46(34-48(44)50)42-23-19-40(20-24-42)16-14-38-11-7-36(4-2)8-12-38/h25-28,33-42H,3-24,29-32H2,1-2H3. The Hall–Kier alpha value is -1.74. The van der Waals surface area contributed by atoms with Crippen molar-refractivity contribution in [1.29, 1.82) is 0 Å². The minimum absolute atomic E-state index is 0.0918. The summed E-state index contributed by atoms with van der Waals surface area (Å²) in [4.78, 5) is 0. The van der Waals surface area contributed by atoms with E-state index in [9.17, 15) is 0 Å². The summed E-state index contributed by atoms with van der Waals surface area (Å²) in [5.74, 6) is 6.49. The summed E-state index contributed by atoms with van der Waals surface area (Å²) in [6.07, 6.45) is 31.2. The highest BCUT2D eigenvalue weighted by Crippen LogP contribution is 2.42. The van der Waals surface area contributed by atoms with Gasteiger partial charge in [-0.25, -0.2) is 8.78 Å². The zero-order valence-corrected chi connectivity index (χ0v) is 32.6. The molecule has 4 aliphatic carbocycles. The molecule has 51 heavy (non-hydrogen) atoms. The molecule has 0 spiro atoms. The zero-order valence-electron chi connectivity index (χ0n) is 32.6. The van der Waals surface area contributed by atoms with Crippen LogP contribution < -0.4 is 0 Å². The molecular formula is C48H72F2O. The van der Waals surface area contributed by atoms with E-state index in [1.807, 2.05) is 12.1 Å². The lowest BCUT2D eigenvalue weighted by Gasteiger charge is -2.32. The number of ether oxygens (including phenoxy) is 1. The van der Waals surface area contributed by atoms with E-state index in [0.29, 0.717) is 37.9 Å². The molecule has 0 bridgehead atoms. The molecule has 284 valence electrons. The van der Waals surface area contributed by atoms with Gasteiger partial charge in [0.15, 0.2) is 0 Å². The number of benzene rings is 2. The quantitative estimate of drug-likeness (QED) is 0.158. The van der Waals surface area contributed by atoms with E-state index >= 15 is 8.78 Å². The van der Waals surface area contributed by atoms with Crippen LogP contribution in [0.4, 0.5) is 8.78 Å². The third-order valence-corrected chi connectivity index (χ3v) is 14.9. The molecule has 2 aromatic rings. The van der Waals surface area contributed by atoms with E-state index in [1.165, 1.54) is 152 Å². The number of rotatable bonds is 16. The van der Waals surface area contributed by atoms with Crippen molar-refractivity contribution in [2.45, 2.75) is 180 Å². The summed E-state index contributed by atoms with van der Waals surface area (Å²) in [5.41, 5.74) is 3.82. The molecule has 0 heterocycles. The Bertz CT molecular complexity index is 1190. The maximum Gasteiger partial charge on any atom is 0.126 e. The molecule has 6 rings (SSSR count). The summed E-state index contributed by atoms with van der Waals surface area (Å²) in [6.45, 7) is 5.63. The first-order valence-corrected chi connectivity index (χ1v) is 22.1. The van der Waals surface area contributed by atoms with Crippen LogP contribution in [-0.2, 0) is 17.6 Å². The fourth-order valence-corrected chi connectivity index (χ4v) is 10.9. The Morgan fingerprint density at radius 3 is 1.08 bits per heavy atom. The first kappa shape index (κ1) is 39.0. The van der Waals surface area contributed by atoms with Gasteiger partial charge in [0.05, 0.1) is 13.2 Å². The number of hydrogen-bond acceptors (Lipinski definition) is 1. The smallest absolute Gasteiger partial charge is 0.126 e. The summed E-state index contributed by atoms with van der Waals surface area (Å²) in [6, 6.07) is 11.9. The Morgan fingerprint density at radius 1 is 0.451 bits per heavy atom. The Kier molecular flexibility index (Phi) is 15.3. The van der Waals surface area contributed by atoms with Crippen molar-refractivity contribution in [2.24, 2.45) is 35.5 Å². The van der Waals surface area contributed by atoms with E-state index in [2.05, 4.69) is 26.0 Å². The molecule has 3 heteroatoms. The van der Waals surface area contributed by atoms with E-state index in [4.69, 9.17) is 4.74 Å². The lowest BCUT2D eigenvalue weighted by Crippen LogP contribution is -2.17. The van der Waals surface area contributed by atoms with Crippen molar-refractivity contribution in [1.82, 2.24) is 0 Å². The Labute approximate surface area is 311 Å². The van der Waals surface area contributed by atoms with Gasteiger partial charge in [-0.05, 0) is 146 Å². The van der Waals surface area contributed by atoms with Gasteiger partial charge in [0, 0.05) is 0 Å². The molecule has 1 nitrogen and oxygen atoms in total. The van der Waals surface area contributed by atoms with Crippen LogP contribution in [0.1, 0.15) is 189 Å². The lowest BCUT2D eigenvalue weighted by atomic mass is 9.74. The van der Waals surface area contributed by atoms with Crippen molar-refractivity contribution in [3.63, 3.8) is 0 Å². The molecule has 0 aromatic heterocycles. The van der Waals surface area contributed by atoms with Crippen LogP contribution in [0, 0.1) is 47.1 Å². The van der Waals surface area contributed by atoms with Crippen LogP contribution in [0.25, 0.3) is 0 Å². The average molecular weight is 703 g/mol. The fraction of sp³-hybridized carbons (Fsp3) is 0.750. The largest absolute Gasteiger partial charge is 0.381 e. The zero-order chi connectivity index (χ0) is 35.4. The Morgan fingerprint density at radius 2 is 0.765 bits per heavy atom. The van der Waals surface area contributed by atoms with Crippen LogP contribution >= 0.6 is 0 Å². The number of hydrogen-bond donors (Lipinski definition) is 0. The molecule has 0 radical (unpaired) electrons. The normalized spacial score (nSPS) is 30.4. The molecule has 0 atom stereocenters. The summed E-state index contributed by atoms with van der Waals surface area (Å²) in [7, 11) is 0. The van der Waals surface area contributed by atoms with Gasteiger partial charge in [0.25, 0.3) is 0 Å². The highest BCUT2D eigenvalue weighted by molar-refractivity contribution is 5.29. The highest BCUT2D eigenvalue weighted by atomic mass is 19.1. The van der Waals surface area contributed by atoms with Gasteiger partial charge in [-0.1, -0.05) is 128 Å². The molecule has 4 aliphatic rings. The van der Waals surface area contributed by atoms with E-state index in [1.54, 1.807) is 12.1 Å². The van der Waals surface area contributed by atoms with Gasteiger partial charge in [-0.15, -0.1) is 0 Å². The number of halogens is 2. The predicted molar refractivity (Wildman–Crippen MR) is 210 cm³/mol. The van der Waals surface area contributed by atoms with E-state index < -0.39 is 0 Å². The molecule has 0 unspecified atom stereocenters. The predicted octanol–water partition coefficient (Wildman–Crippen LogP) is 14.3. The molecule has 0 saturated heterocycles. The SMILES string of the molecule is CCC1CCC(CCC2CCC(c3ccc(CCOCCc4ccc(C5CCC(CCC6CCC(CC)CC6)CC5)cc4F)c(F)c3)CC2)CC1. The molecule has 4 saturated carbocycles. The third-order valence-electron chi connectivity index (χ3n) is 14.9. The first-order chi connectivity index (χ1) is 25.0.